The van der Waals surface area contributed by atoms with Crippen LogP contribution in [0.1, 0.15) is 116 Å². The average Bonchev–Trinajstić information content (AvgIpc) is 2.68. The Hall–Kier alpha value is -0.170. The Morgan fingerprint density at radius 2 is 1.31 bits per heavy atom. The molecule has 0 heterocycles. The third-order valence-electron chi connectivity index (χ3n) is 5.59. The summed E-state index contributed by atoms with van der Waals surface area (Å²) in [5.74, 6) is 3.75. The van der Waals surface area contributed by atoms with Crippen LogP contribution in [0.15, 0.2) is 24.3 Å². The van der Waals surface area contributed by atoms with E-state index in [1.165, 1.54) is 114 Å². The maximum absolute atomic E-state index is 2.39. The first kappa shape index (κ1) is 23.9. The van der Waals surface area contributed by atoms with Crippen LogP contribution in [0.4, 0.5) is 0 Å². The van der Waals surface area contributed by atoms with Crippen molar-refractivity contribution in [2.24, 2.45) is 5.92 Å². The van der Waals surface area contributed by atoms with Crippen LogP contribution < -0.4 is 0 Å². The van der Waals surface area contributed by atoms with E-state index in [9.17, 15) is 0 Å². The van der Waals surface area contributed by atoms with E-state index in [-0.39, 0.29) is 0 Å². The zero-order chi connectivity index (χ0) is 18.5. The zero-order valence-corrected chi connectivity index (χ0v) is 18.5. The number of hydrogen-bond acceptors (Lipinski definition) is 1. The standard InChI is InChI=1S/C25H46S/c1-2-3-4-5-6-7-8-9-10-11-12-13-14-15-16-20-23-26-24-25-21-18-17-19-22-25/h12-13,15-16,25H,2-11,14,17-24H2,1H3/b13-12-,16-15-. The lowest BCUT2D eigenvalue weighted by Gasteiger charge is -2.20. The van der Waals surface area contributed by atoms with Gasteiger partial charge in [0.2, 0.25) is 0 Å². The fraction of sp³-hybridized carbons (Fsp3) is 0.840. The minimum Gasteiger partial charge on any atom is -0.161 e. The van der Waals surface area contributed by atoms with Gasteiger partial charge in [-0.15, -0.1) is 0 Å². The normalized spacial score (nSPS) is 16.2. The Kier molecular flexibility index (Phi) is 18.0. The molecule has 0 aromatic rings. The number of unbranched alkanes of at least 4 members (excludes halogenated alkanes) is 9. The van der Waals surface area contributed by atoms with Crippen LogP contribution >= 0.6 is 11.8 Å². The number of rotatable bonds is 17. The maximum Gasteiger partial charge on any atom is -0.00328 e. The molecule has 0 atom stereocenters. The van der Waals surface area contributed by atoms with Crippen molar-refractivity contribution in [1.29, 1.82) is 0 Å². The quantitative estimate of drug-likeness (QED) is 0.179. The van der Waals surface area contributed by atoms with Gasteiger partial charge >= 0.3 is 0 Å². The molecule has 0 radical (unpaired) electrons. The molecule has 0 N–H and O–H groups in total. The first-order chi connectivity index (χ1) is 12.9. The second-order valence-electron chi connectivity index (χ2n) is 8.16. The largest absolute Gasteiger partial charge is 0.161 e. The average molecular weight is 379 g/mol. The van der Waals surface area contributed by atoms with Crippen LogP contribution in [0.2, 0.25) is 0 Å². The van der Waals surface area contributed by atoms with Crippen LogP contribution in [-0.2, 0) is 0 Å². The van der Waals surface area contributed by atoms with Crippen molar-refractivity contribution in [3.05, 3.63) is 24.3 Å². The van der Waals surface area contributed by atoms with Gasteiger partial charge in [-0.05, 0) is 55.9 Å². The first-order valence-corrected chi connectivity index (χ1v) is 13.0. The molecule has 0 saturated heterocycles. The molecule has 0 unspecified atom stereocenters. The molecule has 0 bridgehead atoms. The summed E-state index contributed by atoms with van der Waals surface area (Å²) in [4.78, 5) is 0. The molecule has 1 rings (SSSR count). The van der Waals surface area contributed by atoms with Crippen molar-refractivity contribution in [2.45, 2.75) is 116 Å². The van der Waals surface area contributed by atoms with Gasteiger partial charge in [0.15, 0.2) is 0 Å². The van der Waals surface area contributed by atoms with E-state index in [1.807, 2.05) is 0 Å². The molecule has 0 amide bonds. The van der Waals surface area contributed by atoms with Crippen molar-refractivity contribution in [2.75, 3.05) is 11.5 Å². The smallest absolute Gasteiger partial charge is 0.00328 e. The Morgan fingerprint density at radius 3 is 2.00 bits per heavy atom. The Labute approximate surface area is 169 Å². The van der Waals surface area contributed by atoms with E-state index in [1.54, 1.807) is 0 Å². The monoisotopic (exact) mass is 378 g/mol. The summed E-state index contributed by atoms with van der Waals surface area (Å²) in [7, 11) is 0. The number of allylic oxidation sites excluding steroid dienone is 4. The van der Waals surface area contributed by atoms with Crippen LogP contribution in [0.3, 0.4) is 0 Å². The SMILES string of the molecule is CCCCCCCCCCC/C=C\C/C=C\CCSCC1CCCCC1. The second kappa shape index (κ2) is 19.6. The van der Waals surface area contributed by atoms with Gasteiger partial charge in [0.25, 0.3) is 0 Å². The molecule has 152 valence electrons. The van der Waals surface area contributed by atoms with E-state index in [4.69, 9.17) is 0 Å². The molecule has 0 aromatic heterocycles. The summed E-state index contributed by atoms with van der Waals surface area (Å²) in [5.41, 5.74) is 0. The molecule has 1 heteroatoms. The van der Waals surface area contributed by atoms with E-state index in [0.29, 0.717) is 0 Å². The van der Waals surface area contributed by atoms with Crippen molar-refractivity contribution < 1.29 is 0 Å². The second-order valence-corrected chi connectivity index (χ2v) is 9.31. The van der Waals surface area contributed by atoms with Gasteiger partial charge in [-0.2, -0.15) is 11.8 Å². The lowest BCUT2D eigenvalue weighted by molar-refractivity contribution is 0.391. The van der Waals surface area contributed by atoms with Crippen molar-refractivity contribution in [3.63, 3.8) is 0 Å². The van der Waals surface area contributed by atoms with Gasteiger partial charge < -0.3 is 0 Å². The van der Waals surface area contributed by atoms with Gasteiger partial charge in [-0.3, -0.25) is 0 Å². The van der Waals surface area contributed by atoms with Gasteiger partial charge in [-0.25, -0.2) is 0 Å². The minimum absolute atomic E-state index is 1.03. The summed E-state index contributed by atoms with van der Waals surface area (Å²) in [5, 5.41) is 0. The van der Waals surface area contributed by atoms with E-state index in [0.717, 1.165) is 12.3 Å². The molecule has 0 aromatic carbocycles. The molecule has 26 heavy (non-hydrogen) atoms. The number of thioether (sulfide) groups is 1. The van der Waals surface area contributed by atoms with Crippen LogP contribution in [0, 0.1) is 5.92 Å². The topological polar surface area (TPSA) is 0 Å². The summed E-state index contributed by atoms with van der Waals surface area (Å²) in [6.07, 6.45) is 33.4. The molecule has 1 aliphatic rings. The van der Waals surface area contributed by atoms with Gasteiger partial charge in [-0.1, -0.05) is 102 Å². The molecule has 1 aliphatic carbocycles. The highest BCUT2D eigenvalue weighted by Gasteiger charge is 2.12. The first-order valence-electron chi connectivity index (χ1n) is 11.8. The fourth-order valence-electron chi connectivity index (χ4n) is 3.83. The number of hydrogen-bond donors (Lipinski definition) is 0. The van der Waals surface area contributed by atoms with Crippen molar-refractivity contribution >= 4 is 11.8 Å². The molecular weight excluding hydrogens is 332 g/mol. The summed E-state index contributed by atoms with van der Waals surface area (Å²) in [6.45, 7) is 2.29. The Morgan fingerprint density at radius 1 is 0.692 bits per heavy atom. The van der Waals surface area contributed by atoms with Crippen molar-refractivity contribution in [1.82, 2.24) is 0 Å². The highest BCUT2D eigenvalue weighted by Crippen LogP contribution is 2.26. The zero-order valence-electron chi connectivity index (χ0n) is 17.7. The molecule has 0 aliphatic heterocycles. The molecule has 0 spiro atoms. The van der Waals surface area contributed by atoms with E-state index in [2.05, 4.69) is 43.0 Å². The highest BCUT2D eigenvalue weighted by molar-refractivity contribution is 7.99. The maximum atomic E-state index is 2.39. The predicted molar refractivity (Wildman–Crippen MR) is 123 cm³/mol. The van der Waals surface area contributed by atoms with Crippen LogP contribution in [0.25, 0.3) is 0 Å². The summed E-state index contributed by atoms with van der Waals surface area (Å²) >= 11 is 2.18. The predicted octanol–water partition coefficient (Wildman–Crippen LogP) is 9.11. The fourth-order valence-corrected chi connectivity index (χ4v) is 4.97. The minimum atomic E-state index is 1.03. The molecule has 0 nitrogen and oxygen atoms in total. The summed E-state index contributed by atoms with van der Waals surface area (Å²) in [6, 6.07) is 0. The van der Waals surface area contributed by atoms with Gasteiger partial charge in [0, 0.05) is 0 Å². The third-order valence-corrected chi connectivity index (χ3v) is 6.82. The Balaban J connectivity index is 1.76. The third kappa shape index (κ3) is 16.0. The highest BCUT2D eigenvalue weighted by atomic mass is 32.2. The lowest BCUT2D eigenvalue weighted by atomic mass is 9.91. The van der Waals surface area contributed by atoms with Crippen molar-refractivity contribution in [3.8, 4) is 0 Å². The van der Waals surface area contributed by atoms with Gasteiger partial charge in [0.05, 0.1) is 0 Å². The van der Waals surface area contributed by atoms with Crippen LogP contribution in [-0.4, -0.2) is 11.5 Å². The molecule has 1 fully saturated rings. The summed E-state index contributed by atoms with van der Waals surface area (Å²) < 4.78 is 0. The van der Waals surface area contributed by atoms with E-state index < -0.39 is 0 Å². The Bertz CT molecular complexity index is 325. The molecule has 1 saturated carbocycles. The van der Waals surface area contributed by atoms with Gasteiger partial charge in [0.1, 0.15) is 0 Å². The van der Waals surface area contributed by atoms with Crippen LogP contribution in [0.5, 0.6) is 0 Å². The lowest BCUT2D eigenvalue weighted by Crippen LogP contribution is -2.08. The molecular formula is C25H46S. The van der Waals surface area contributed by atoms with E-state index >= 15 is 0 Å².